The largest absolute Gasteiger partial charge is 0.374 e. The highest BCUT2D eigenvalue weighted by Gasteiger charge is 2.21. The third kappa shape index (κ3) is 3.66. The molecule has 2 rings (SSSR count). The quantitative estimate of drug-likeness (QED) is 0.835. The molecule has 2 heterocycles. The molecule has 0 saturated carbocycles. The molecular formula is C9H12BrClN2O3S2. The van der Waals surface area contributed by atoms with E-state index < -0.39 is 10.0 Å². The van der Waals surface area contributed by atoms with E-state index in [1.807, 2.05) is 0 Å². The second-order valence-electron chi connectivity index (χ2n) is 3.74. The number of halogens is 2. The van der Waals surface area contributed by atoms with E-state index in [9.17, 15) is 8.42 Å². The van der Waals surface area contributed by atoms with Gasteiger partial charge in [0, 0.05) is 19.6 Å². The van der Waals surface area contributed by atoms with Crippen LogP contribution in [0.4, 0.5) is 0 Å². The smallest absolute Gasteiger partial charge is 0.250 e. The van der Waals surface area contributed by atoms with E-state index in [-0.39, 0.29) is 16.9 Å². The van der Waals surface area contributed by atoms with Gasteiger partial charge in [0.2, 0.25) is 10.0 Å². The van der Waals surface area contributed by atoms with Gasteiger partial charge in [-0.05, 0) is 22.0 Å². The summed E-state index contributed by atoms with van der Waals surface area (Å²) in [7, 11) is -3.52. The van der Waals surface area contributed by atoms with Crippen molar-refractivity contribution in [3.05, 3.63) is 14.9 Å². The van der Waals surface area contributed by atoms with Gasteiger partial charge in [0.25, 0.3) is 0 Å². The van der Waals surface area contributed by atoms with E-state index in [4.69, 9.17) is 16.3 Å². The molecule has 1 fully saturated rings. The lowest BCUT2D eigenvalue weighted by molar-refractivity contribution is 0.0324. The molecule has 9 heteroatoms. The number of nitrogens with one attached hydrogen (secondary N) is 2. The number of hydrogen-bond donors (Lipinski definition) is 2. The Kier molecular flexibility index (Phi) is 5.04. The van der Waals surface area contributed by atoms with Gasteiger partial charge in [0.15, 0.2) is 0 Å². The summed E-state index contributed by atoms with van der Waals surface area (Å²) in [6, 6.07) is 1.43. The SMILES string of the molecule is O=S(=O)(NCC1CNCCO1)c1cc(Cl)c(Br)s1. The molecule has 102 valence electrons. The lowest BCUT2D eigenvalue weighted by Crippen LogP contribution is -2.45. The molecular weight excluding hydrogens is 364 g/mol. The second-order valence-corrected chi connectivity index (χ2v) is 8.51. The summed E-state index contributed by atoms with van der Waals surface area (Å²) in [5.74, 6) is 0. The number of thiophene rings is 1. The predicted molar refractivity (Wildman–Crippen MR) is 74.8 cm³/mol. The maximum Gasteiger partial charge on any atom is 0.250 e. The zero-order chi connectivity index (χ0) is 13.2. The van der Waals surface area contributed by atoms with Gasteiger partial charge in [-0.2, -0.15) is 0 Å². The molecule has 0 amide bonds. The van der Waals surface area contributed by atoms with Crippen LogP contribution in [0, 0.1) is 0 Å². The molecule has 1 unspecified atom stereocenters. The van der Waals surface area contributed by atoms with Crippen molar-refractivity contribution >= 4 is 48.9 Å². The van der Waals surface area contributed by atoms with Gasteiger partial charge in [-0.3, -0.25) is 0 Å². The highest BCUT2D eigenvalue weighted by molar-refractivity contribution is 9.11. The summed E-state index contributed by atoms with van der Waals surface area (Å²) >= 11 is 10.1. The van der Waals surface area contributed by atoms with Crippen LogP contribution in [0.3, 0.4) is 0 Å². The molecule has 1 aromatic rings. The van der Waals surface area contributed by atoms with Crippen LogP contribution in [0.25, 0.3) is 0 Å². The van der Waals surface area contributed by atoms with Crippen LogP contribution in [0.1, 0.15) is 0 Å². The fourth-order valence-electron chi connectivity index (χ4n) is 1.48. The van der Waals surface area contributed by atoms with Crippen molar-refractivity contribution in [2.75, 3.05) is 26.2 Å². The van der Waals surface area contributed by atoms with Gasteiger partial charge in [-0.1, -0.05) is 11.6 Å². The van der Waals surface area contributed by atoms with E-state index in [1.165, 1.54) is 6.07 Å². The Morgan fingerprint density at radius 1 is 1.67 bits per heavy atom. The summed E-state index contributed by atoms with van der Waals surface area (Å²) in [5, 5.41) is 3.54. The van der Waals surface area contributed by atoms with Gasteiger partial charge < -0.3 is 10.1 Å². The van der Waals surface area contributed by atoms with Crippen molar-refractivity contribution < 1.29 is 13.2 Å². The fourth-order valence-corrected chi connectivity index (χ4v) is 4.99. The van der Waals surface area contributed by atoms with Gasteiger partial charge in [-0.15, -0.1) is 11.3 Å². The first-order chi connectivity index (χ1) is 8.49. The molecule has 18 heavy (non-hydrogen) atoms. The minimum Gasteiger partial charge on any atom is -0.374 e. The van der Waals surface area contributed by atoms with Crippen LogP contribution in [0.2, 0.25) is 5.02 Å². The molecule has 1 aliphatic rings. The lowest BCUT2D eigenvalue weighted by Gasteiger charge is -2.23. The van der Waals surface area contributed by atoms with E-state index >= 15 is 0 Å². The maximum absolute atomic E-state index is 12.0. The standard InChI is InChI=1S/C9H12BrClN2O3S2/c10-9-7(11)3-8(17-9)18(14,15)13-5-6-4-12-1-2-16-6/h3,6,12-13H,1-2,4-5H2. The molecule has 0 bridgehead atoms. The van der Waals surface area contributed by atoms with Crippen LogP contribution >= 0.6 is 38.9 Å². The summed E-state index contributed by atoms with van der Waals surface area (Å²) in [6.07, 6.45) is -0.132. The average molecular weight is 376 g/mol. The highest BCUT2D eigenvalue weighted by Crippen LogP contribution is 2.34. The van der Waals surface area contributed by atoms with Gasteiger partial charge in [0.1, 0.15) is 4.21 Å². The van der Waals surface area contributed by atoms with Crippen LogP contribution in [0.15, 0.2) is 14.1 Å². The third-order valence-electron chi connectivity index (χ3n) is 2.39. The molecule has 1 aliphatic heterocycles. The Bertz CT molecular complexity index is 494. The van der Waals surface area contributed by atoms with Crippen molar-refractivity contribution in [1.29, 1.82) is 0 Å². The average Bonchev–Trinajstić information content (AvgIpc) is 2.70. The summed E-state index contributed by atoms with van der Waals surface area (Å²) in [4.78, 5) is 0. The zero-order valence-electron chi connectivity index (χ0n) is 9.28. The summed E-state index contributed by atoms with van der Waals surface area (Å²) < 4.78 is 32.7. The minimum absolute atomic E-state index is 0.132. The molecule has 0 aromatic carbocycles. The second kappa shape index (κ2) is 6.17. The van der Waals surface area contributed by atoms with Crippen molar-refractivity contribution in [1.82, 2.24) is 10.0 Å². The maximum atomic E-state index is 12.0. The van der Waals surface area contributed by atoms with E-state index in [1.54, 1.807) is 0 Å². The monoisotopic (exact) mass is 374 g/mol. The Hall–Kier alpha value is 0.300. The Labute approximate surface area is 123 Å². The molecule has 5 nitrogen and oxygen atoms in total. The number of sulfonamides is 1. The third-order valence-corrected chi connectivity index (χ3v) is 6.76. The fraction of sp³-hybridized carbons (Fsp3) is 0.556. The van der Waals surface area contributed by atoms with Crippen LogP contribution < -0.4 is 10.0 Å². The van der Waals surface area contributed by atoms with Crippen LogP contribution in [0.5, 0.6) is 0 Å². The first-order valence-electron chi connectivity index (χ1n) is 5.26. The molecule has 0 radical (unpaired) electrons. The number of hydrogen-bond acceptors (Lipinski definition) is 5. The van der Waals surface area contributed by atoms with E-state index in [2.05, 4.69) is 26.0 Å². The molecule has 1 aromatic heterocycles. The van der Waals surface area contributed by atoms with Crippen molar-refractivity contribution in [2.24, 2.45) is 0 Å². The number of morpholine rings is 1. The Morgan fingerprint density at radius 2 is 2.44 bits per heavy atom. The topological polar surface area (TPSA) is 67.4 Å². The van der Waals surface area contributed by atoms with E-state index in [0.29, 0.717) is 22.0 Å². The minimum atomic E-state index is -3.52. The van der Waals surface area contributed by atoms with Crippen molar-refractivity contribution in [2.45, 2.75) is 10.3 Å². The molecule has 2 N–H and O–H groups in total. The predicted octanol–water partition coefficient (Wildman–Crippen LogP) is 1.43. The van der Waals surface area contributed by atoms with Gasteiger partial charge >= 0.3 is 0 Å². The van der Waals surface area contributed by atoms with E-state index in [0.717, 1.165) is 17.9 Å². The molecule has 1 saturated heterocycles. The van der Waals surface area contributed by atoms with Crippen molar-refractivity contribution in [3.8, 4) is 0 Å². The molecule has 0 spiro atoms. The Morgan fingerprint density at radius 3 is 3.00 bits per heavy atom. The van der Waals surface area contributed by atoms with Crippen LogP contribution in [-0.2, 0) is 14.8 Å². The number of rotatable bonds is 4. The first kappa shape index (κ1) is 14.7. The Balaban J connectivity index is 1.98. The molecule has 0 aliphatic carbocycles. The summed E-state index contributed by atoms with van der Waals surface area (Å²) in [6.45, 7) is 2.30. The zero-order valence-corrected chi connectivity index (χ0v) is 13.3. The first-order valence-corrected chi connectivity index (χ1v) is 8.73. The number of ether oxygens (including phenoxy) is 1. The van der Waals surface area contributed by atoms with Gasteiger partial charge in [-0.25, -0.2) is 13.1 Å². The normalized spacial score (nSPS) is 21.1. The van der Waals surface area contributed by atoms with Gasteiger partial charge in [0.05, 0.1) is 21.5 Å². The summed E-state index contributed by atoms with van der Waals surface area (Å²) in [5.41, 5.74) is 0. The molecule has 1 atom stereocenters. The highest BCUT2D eigenvalue weighted by atomic mass is 79.9. The lowest BCUT2D eigenvalue weighted by atomic mass is 10.3. The van der Waals surface area contributed by atoms with Crippen molar-refractivity contribution in [3.63, 3.8) is 0 Å². The van der Waals surface area contributed by atoms with Crippen LogP contribution in [-0.4, -0.2) is 40.8 Å².